The number of aryl methyl sites for hydroxylation is 1. The Kier molecular flexibility index (Phi) is 3.34. The molecule has 0 radical (unpaired) electrons. The zero-order valence-corrected chi connectivity index (χ0v) is 9.96. The van der Waals surface area contributed by atoms with Gasteiger partial charge in [-0.05, 0) is 5.39 Å². The van der Waals surface area contributed by atoms with Crippen LogP contribution in [-0.2, 0) is 0 Å². The van der Waals surface area contributed by atoms with Crippen molar-refractivity contribution in [2.45, 2.75) is 6.92 Å². The Morgan fingerprint density at radius 1 is 1.18 bits per heavy atom. The van der Waals surface area contributed by atoms with E-state index in [1.807, 2.05) is 25.1 Å². The van der Waals surface area contributed by atoms with E-state index in [9.17, 15) is 0 Å². The van der Waals surface area contributed by atoms with E-state index in [0.717, 1.165) is 11.2 Å². The molecule has 0 fully saturated rings. The largest absolute Gasteiger partial charge is 1.00 e. The Hall–Kier alpha value is 0.396. The zero-order chi connectivity index (χ0) is 6.97. The second-order valence-electron chi connectivity index (χ2n) is 2.46. The summed E-state index contributed by atoms with van der Waals surface area (Å²) in [5.41, 5.74) is 2.20. The summed E-state index contributed by atoms with van der Waals surface area (Å²) in [6.45, 7) is 2.01. The zero-order valence-electron chi connectivity index (χ0n) is 6.83. The van der Waals surface area contributed by atoms with Gasteiger partial charge in [0.05, 0.1) is 0 Å². The van der Waals surface area contributed by atoms with E-state index >= 15 is 0 Å². The number of fused-ring (bicyclic) bond motifs is 1. The van der Waals surface area contributed by atoms with Crippen molar-refractivity contribution in [1.29, 1.82) is 0 Å². The van der Waals surface area contributed by atoms with Crippen LogP contribution in [0.25, 0.3) is 10.9 Å². The summed E-state index contributed by atoms with van der Waals surface area (Å²) < 4.78 is 0. The van der Waals surface area contributed by atoms with Crippen LogP contribution in [0, 0.1) is 6.92 Å². The summed E-state index contributed by atoms with van der Waals surface area (Å²) in [5.74, 6) is 0. The van der Waals surface area contributed by atoms with E-state index in [-0.39, 0.29) is 51.4 Å². The number of hydrogen-bond donors (Lipinski definition) is 0. The minimum atomic E-state index is 0. The topological polar surface area (TPSA) is 14.1 Å². The molecule has 0 unspecified atom stereocenters. The van der Waals surface area contributed by atoms with Crippen LogP contribution in [0.2, 0.25) is 0 Å². The molecule has 2 rings (SSSR count). The fourth-order valence-electron chi connectivity index (χ4n) is 1.16. The molecule has 1 nitrogen and oxygen atoms in total. The molecule has 1 aromatic carbocycles. The van der Waals surface area contributed by atoms with Crippen molar-refractivity contribution in [2.24, 2.45) is 0 Å². The molecule has 0 bridgehead atoms. The quantitative estimate of drug-likeness (QED) is 0.467. The fourth-order valence-corrected chi connectivity index (χ4v) is 1.16. The van der Waals surface area contributed by atoms with Crippen LogP contribution in [0.4, 0.5) is 0 Å². The summed E-state index contributed by atoms with van der Waals surface area (Å²) in [5, 5.41) is 1.24. The number of rotatable bonds is 0. The predicted octanol–water partition coefficient (Wildman–Crippen LogP) is -0.891. The van der Waals surface area contributed by atoms with Crippen LogP contribution in [0.15, 0.2) is 30.3 Å². The first-order chi connectivity index (χ1) is 4.86. The van der Waals surface area contributed by atoms with Gasteiger partial charge in [-0.25, -0.2) is 0 Å². The van der Waals surface area contributed by atoms with Crippen LogP contribution in [0.3, 0.4) is 0 Å². The smallest absolute Gasteiger partial charge is 0.661 e. The van der Waals surface area contributed by atoms with Gasteiger partial charge < -0.3 is 4.98 Å². The number of hydrogen-bond acceptors (Lipinski definition) is 0. The Bertz CT molecular complexity index is 318. The average Bonchev–Trinajstić information content (AvgIpc) is 2.27. The van der Waals surface area contributed by atoms with Crippen molar-refractivity contribution in [3.05, 3.63) is 36.0 Å². The third-order valence-electron chi connectivity index (χ3n) is 1.60. The summed E-state index contributed by atoms with van der Waals surface area (Å²) >= 11 is 0. The molecule has 0 N–H and O–H groups in total. The van der Waals surface area contributed by atoms with Crippen LogP contribution in [0.5, 0.6) is 0 Å². The maximum Gasteiger partial charge on any atom is 1.00 e. The minimum Gasteiger partial charge on any atom is -0.661 e. The minimum absolute atomic E-state index is 0. The van der Waals surface area contributed by atoms with Crippen LogP contribution < -0.4 is 56.4 Å². The van der Waals surface area contributed by atoms with E-state index < -0.39 is 0 Å². The van der Waals surface area contributed by atoms with Crippen molar-refractivity contribution in [1.82, 2.24) is 4.98 Å². The van der Waals surface area contributed by atoms with Gasteiger partial charge in [0.15, 0.2) is 0 Å². The second-order valence-corrected chi connectivity index (χ2v) is 2.46. The SMILES string of the molecule is Cc1cc2ccccc2[n-]1.[K+]. The Morgan fingerprint density at radius 3 is 2.64 bits per heavy atom. The van der Waals surface area contributed by atoms with Crippen molar-refractivity contribution < 1.29 is 51.4 Å². The van der Waals surface area contributed by atoms with Gasteiger partial charge in [0, 0.05) is 0 Å². The summed E-state index contributed by atoms with van der Waals surface area (Å²) in [4.78, 5) is 4.31. The van der Waals surface area contributed by atoms with Crippen LogP contribution >= 0.6 is 0 Å². The molecule has 0 saturated carbocycles. The molecule has 1 heterocycles. The Morgan fingerprint density at radius 2 is 1.91 bits per heavy atom. The van der Waals surface area contributed by atoms with Crippen LogP contribution in [0.1, 0.15) is 5.69 Å². The molecule has 1 aromatic heterocycles. The average molecular weight is 169 g/mol. The first-order valence-corrected chi connectivity index (χ1v) is 3.35. The monoisotopic (exact) mass is 169 g/mol. The normalized spacial score (nSPS) is 9.55. The van der Waals surface area contributed by atoms with Crippen LogP contribution in [-0.4, -0.2) is 0 Å². The Labute approximate surface area is 109 Å². The molecule has 50 valence electrons. The molecule has 0 aliphatic heterocycles. The number of para-hydroxylation sites is 1. The molecule has 0 saturated heterocycles. The number of aromatic nitrogens is 1. The summed E-state index contributed by atoms with van der Waals surface area (Å²) in [6, 6.07) is 10.2. The maximum absolute atomic E-state index is 4.31. The molecule has 0 atom stereocenters. The third kappa shape index (κ3) is 1.95. The summed E-state index contributed by atoms with van der Waals surface area (Å²) in [6.07, 6.45) is 0. The van der Waals surface area contributed by atoms with Gasteiger partial charge in [-0.1, -0.05) is 37.3 Å². The first-order valence-electron chi connectivity index (χ1n) is 3.35. The van der Waals surface area contributed by atoms with Crippen molar-refractivity contribution >= 4 is 10.9 Å². The molecule has 11 heavy (non-hydrogen) atoms. The van der Waals surface area contributed by atoms with E-state index in [1.165, 1.54) is 5.39 Å². The molecule has 0 amide bonds. The van der Waals surface area contributed by atoms with Crippen molar-refractivity contribution in [3.8, 4) is 0 Å². The van der Waals surface area contributed by atoms with Gasteiger partial charge in [-0.3, -0.25) is 0 Å². The molecule has 0 aliphatic rings. The molecule has 2 heteroatoms. The van der Waals surface area contributed by atoms with E-state index in [1.54, 1.807) is 0 Å². The van der Waals surface area contributed by atoms with Crippen molar-refractivity contribution in [3.63, 3.8) is 0 Å². The molecule has 0 spiro atoms. The maximum atomic E-state index is 4.31. The number of benzene rings is 1. The first kappa shape index (κ1) is 9.48. The molecular weight excluding hydrogens is 161 g/mol. The van der Waals surface area contributed by atoms with Gasteiger partial charge in [0.2, 0.25) is 0 Å². The van der Waals surface area contributed by atoms with E-state index in [0.29, 0.717) is 0 Å². The van der Waals surface area contributed by atoms with Gasteiger partial charge >= 0.3 is 51.4 Å². The summed E-state index contributed by atoms with van der Waals surface area (Å²) in [7, 11) is 0. The molecular formula is C9H8KN. The second kappa shape index (κ2) is 3.87. The fraction of sp³-hybridized carbons (Fsp3) is 0.111. The van der Waals surface area contributed by atoms with Gasteiger partial charge in [-0.15, -0.1) is 5.52 Å². The number of nitrogens with zero attached hydrogens (tertiary/aromatic N) is 1. The third-order valence-corrected chi connectivity index (χ3v) is 1.60. The Balaban J connectivity index is 0.000000605. The van der Waals surface area contributed by atoms with Gasteiger partial charge in [0.25, 0.3) is 0 Å². The molecule has 2 aromatic rings. The van der Waals surface area contributed by atoms with Crippen molar-refractivity contribution in [2.75, 3.05) is 0 Å². The van der Waals surface area contributed by atoms with Gasteiger partial charge in [0.1, 0.15) is 0 Å². The molecule has 0 aliphatic carbocycles. The predicted molar refractivity (Wildman–Crippen MR) is 42.0 cm³/mol. The van der Waals surface area contributed by atoms with Gasteiger partial charge in [-0.2, -0.15) is 5.69 Å². The van der Waals surface area contributed by atoms with E-state index in [4.69, 9.17) is 0 Å². The standard InChI is InChI=1S/C9H8N.K/c1-7-6-8-4-2-3-5-9(8)10-7;/h2-6H,1H3;/q-1;+1. The van der Waals surface area contributed by atoms with E-state index in [2.05, 4.69) is 17.1 Å².